The Kier molecular flexibility index (Phi) is 34.4. The molecule has 0 N–H and O–H groups in total. The van der Waals surface area contributed by atoms with Crippen molar-refractivity contribution in [3.8, 4) is 0 Å². The molecule has 10 atom stereocenters. The van der Waals surface area contributed by atoms with E-state index in [0.717, 1.165) is 23.0 Å². The van der Waals surface area contributed by atoms with Crippen LogP contribution in [0.5, 0.6) is 0 Å². The van der Waals surface area contributed by atoms with Crippen molar-refractivity contribution < 1.29 is 90.5 Å². The van der Waals surface area contributed by atoms with Crippen LogP contribution in [0.25, 0.3) is 0 Å². The van der Waals surface area contributed by atoms with Crippen LogP contribution in [0.4, 0.5) is 0 Å². The highest BCUT2D eigenvalue weighted by Gasteiger charge is 2.33. The smallest absolute Gasteiger partial charge is 0.346 e. The van der Waals surface area contributed by atoms with Gasteiger partial charge in [-0.25, -0.2) is 19.2 Å². The number of carbonyl (C=O) groups is 8. The number of carbonyl (C=O) groups excluding carboxylic acids is 8. The van der Waals surface area contributed by atoms with Gasteiger partial charge in [-0.15, -0.1) is 23.5 Å². The minimum absolute atomic E-state index is 0.0677. The maximum Gasteiger partial charge on any atom is 0.346 e. The van der Waals surface area contributed by atoms with Gasteiger partial charge in [0.25, 0.3) is 0 Å². The molecular weight excluding hydrogens is 1090 g/mol. The van der Waals surface area contributed by atoms with Crippen molar-refractivity contribution in [1.82, 2.24) is 0 Å². The van der Waals surface area contributed by atoms with Crippen LogP contribution in [0, 0.1) is 22.2 Å². The van der Waals surface area contributed by atoms with E-state index in [1.165, 1.54) is 0 Å². The molecule has 4 heterocycles. The van der Waals surface area contributed by atoms with Crippen molar-refractivity contribution in [2.45, 2.75) is 188 Å². The van der Waals surface area contributed by atoms with E-state index in [0.29, 0.717) is 53.8 Å². The maximum atomic E-state index is 11.7. The molecule has 0 aromatic carbocycles. The van der Waals surface area contributed by atoms with Gasteiger partial charge in [0.05, 0.1) is 46.7 Å². The van der Waals surface area contributed by atoms with Crippen LogP contribution >= 0.6 is 58.8 Å². The molecule has 0 spiro atoms. The second-order valence-electron chi connectivity index (χ2n) is 20.4. The summed E-state index contributed by atoms with van der Waals surface area (Å²) in [4.78, 5) is 92.7. The normalized spacial score (nSPS) is 25.0. The summed E-state index contributed by atoms with van der Waals surface area (Å²) in [6.07, 6.45) is 1.35. The molecule has 24 heteroatoms. The zero-order chi connectivity index (χ0) is 57.8. The van der Waals surface area contributed by atoms with Crippen LogP contribution in [-0.4, -0.2) is 168 Å². The summed E-state index contributed by atoms with van der Waals surface area (Å²) in [6.45, 7) is 29.6. The summed E-state index contributed by atoms with van der Waals surface area (Å²) in [7, 11) is 0. The summed E-state index contributed by atoms with van der Waals surface area (Å²) in [6, 6.07) is 0. The molecule has 19 nitrogen and oxygen atoms in total. The Morgan fingerprint density at radius 3 is 1.37 bits per heavy atom. The Labute approximate surface area is 473 Å². The second-order valence-corrected chi connectivity index (χ2v) is 27.1. The van der Waals surface area contributed by atoms with E-state index in [9.17, 15) is 38.4 Å². The number of hydrogen-bond acceptors (Lipinski definition) is 24. The molecule has 76 heavy (non-hydrogen) atoms. The van der Waals surface area contributed by atoms with Crippen molar-refractivity contribution >= 4 is 107 Å². The van der Waals surface area contributed by atoms with Crippen molar-refractivity contribution in [3.05, 3.63) is 0 Å². The third-order valence-corrected chi connectivity index (χ3v) is 19.5. The molecule has 0 radical (unpaired) electrons. The topological polar surface area (TPSA) is 238 Å². The minimum Gasteiger partial charge on any atom is -0.453 e. The fourth-order valence-corrected chi connectivity index (χ4v) is 11.7. The standard InChI is InChI=1S/C13H22O6.C13H22O5S.2C13H22O4S2/c1-5-13(3,4)12(15)17-7-10(14)19-11-8-16-6-9(2)18-11;1-5-13(3,4)12(15)16-6-10(14)18-11-8-19-7-9(2)17-11;1-5-13(3,4)12(15)16-6-10(14)17-11-8-18-7-9(2)19-11;1-5-8(2)13(15)16-6-11(14)17-12-7-18-9(3)10(4)19-12/h3*9,11H,5-8H2,1-4H3;8-10,12H,5-7H2,1-4H3. The summed E-state index contributed by atoms with van der Waals surface area (Å²) in [5.41, 5.74) is -1.99. The SMILES string of the molecule is CCC(C)(C)C(=O)OCC(=O)OC1COCC(C)O1.CCC(C)(C)C(=O)OCC(=O)OC1CSCC(C)O1.CCC(C)(C)C(=O)OCC(=O)OC1CSCC(C)S1.CCC(C)C(=O)OCC(=O)OC1CSC(C)C(C)S1. The zero-order valence-electron chi connectivity index (χ0n) is 47.7. The first-order chi connectivity index (χ1) is 35.5. The molecule has 10 unspecified atom stereocenters. The van der Waals surface area contributed by atoms with E-state index < -0.39 is 65.3 Å². The van der Waals surface area contributed by atoms with E-state index in [2.05, 4.69) is 20.8 Å². The molecule has 0 amide bonds. The lowest BCUT2D eigenvalue weighted by Crippen LogP contribution is -2.38. The van der Waals surface area contributed by atoms with Crippen LogP contribution in [0.1, 0.15) is 136 Å². The summed E-state index contributed by atoms with van der Waals surface area (Å²) in [5, 5.41) is 1.51. The summed E-state index contributed by atoms with van der Waals surface area (Å²) < 4.78 is 56.4. The molecule has 0 aromatic heterocycles. The van der Waals surface area contributed by atoms with Gasteiger partial charge in [0.2, 0.25) is 12.6 Å². The summed E-state index contributed by atoms with van der Waals surface area (Å²) >= 11 is 8.58. The highest BCUT2D eigenvalue weighted by atomic mass is 32.2. The highest BCUT2D eigenvalue weighted by Crippen LogP contribution is 2.36. The first kappa shape index (κ1) is 71.4. The van der Waals surface area contributed by atoms with Gasteiger partial charge in [-0.05, 0) is 81.1 Å². The minimum atomic E-state index is -0.728. The molecule has 4 rings (SSSR count). The van der Waals surface area contributed by atoms with Crippen LogP contribution in [-0.2, 0) is 90.5 Å². The molecule has 0 saturated carbocycles. The Balaban J connectivity index is 0.000000507. The lowest BCUT2D eigenvalue weighted by molar-refractivity contribution is -0.236. The van der Waals surface area contributed by atoms with Gasteiger partial charge >= 0.3 is 47.8 Å². The van der Waals surface area contributed by atoms with E-state index in [-0.39, 0.29) is 73.3 Å². The zero-order valence-corrected chi connectivity index (χ0v) is 51.8. The predicted octanol–water partition coefficient (Wildman–Crippen LogP) is 8.66. The van der Waals surface area contributed by atoms with Gasteiger partial charge in [-0.3, -0.25) is 19.2 Å². The van der Waals surface area contributed by atoms with Gasteiger partial charge < -0.3 is 52.1 Å². The van der Waals surface area contributed by atoms with Gasteiger partial charge in [0.15, 0.2) is 37.3 Å². The average molecular weight is 1180 g/mol. The maximum absolute atomic E-state index is 11.7. The lowest BCUT2D eigenvalue weighted by Gasteiger charge is -2.30. The number of esters is 8. The molecule has 4 aliphatic heterocycles. The van der Waals surface area contributed by atoms with Gasteiger partial charge in [0.1, 0.15) is 6.61 Å². The number of rotatable bonds is 20. The van der Waals surface area contributed by atoms with E-state index >= 15 is 0 Å². The summed E-state index contributed by atoms with van der Waals surface area (Å²) in [5.74, 6) is 0.381. The fraction of sp³-hybridized carbons (Fsp3) is 0.846. The molecule has 0 aromatic rings. The Bertz CT molecular complexity index is 1670. The highest BCUT2D eigenvalue weighted by molar-refractivity contribution is 8.07. The fourth-order valence-electron chi connectivity index (χ4n) is 5.56. The van der Waals surface area contributed by atoms with E-state index in [4.69, 9.17) is 52.1 Å². The van der Waals surface area contributed by atoms with Crippen LogP contribution in [0.2, 0.25) is 0 Å². The molecule has 0 aliphatic carbocycles. The molecule has 440 valence electrons. The van der Waals surface area contributed by atoms with Gasteiger partial charge in [-0.1, -0.05) is 55.4 Å². The average Bonchev–Trinajstić information content (AvgIpc) is 3.37. The first-order valence-electron chi connectivity index (χ1n) is 25.9. The Morgan fingerprint density at radius 1 is 0.500 bits per heavy atom. The largest absolute Gasteiger partial charge is 0.453 e. The monoisotopic (exact) mass is 1180 g/mol. The molecule has 4 saturated heterocycles. The van der Waals surface area contributed by atoms with Crippen molar-refractivity contribution in [1.29, 1.82) is 0 Å². The molecule has 0 bridgehead atoms. The lowest BCUT2D eigenvalue weighted by atomic mass is 9.91. The van der Waals surface area contributed by atoms with Crippen LogP contribution in [0.15, 0.2) is 0 Å². The van der Waals surface area contributed by atoms with Crippen molar-refractivity contribution in [3.63, 3.8) is 0 Å². The van der Waals surface area contributed by atoms with E-state index in [1.807, 2.05) is 41.5 Å². The third kappa shape index (κ3) is 29.6. The van der Waals surface area contributed by atoms with E-state index in [1.54, 1.807) is 107 Å². The first-order valence-corrected chi connectivity index (χ1v) is 31.2. The van der Waals surface area contributed by atoms with Crippen LogP contribution < -0.4 is 0 Å². The third-order valence-electron chi connectivity index (χ3n) is 12.2. The predicted molar refractivity (Wildman–Crippen MR) is 298 cm³/mol. The van der Waals surface area contributed by atoms with Gasteiger partial charge in [0, 0.05) is 38.8 Å². The Morgan fingerprint density at radius 2 is 0.934 bits per heavy atom. The van der Waals surface area contributed by atoms with Crippen molar-refractivity contribution in [2.24, 2.45) is 22.2 Å². The molecular formula is C52H88O19S5. The molecule has 4 aliphatic rings. The number of thioether (sulfide) groups is 5. The van der Waals surface area contributed by atoms with Gasteiger partial charge in [-0.2, -0.15) is 35.3 Å². The van der Waals surface area contributed by atoms with Crippen molar-refractivity contribution in [2.75, 3.05) is 68.4 Å². The number of hydrogen-bond donors (Lipinski definition) is 0. The van der Waals surface area contributed by atoms with Crippen LogP contribution in [0.3, 0.4) is 0 Å². The number of ether oxygens (including phenoxy) is 11. The Hall–Kier alpha value is -2.61. The molecule has 4 fully saturated rings. The quantitative estimate of drug-likeness (QED) is 0.0818. The second kappa shape index (κ2) is 36.6.